The maximum atomic E-state index is 12.9. The summed E-state index contributed by atoms with van der Waals surface area (Å²) in [5, 5.41) is 1.13. The Morgan fingerprint density at radius 3 is 3.12 bits per heavy atom. The first-order chi connectivity index (χ1) is 11.6. The molecule has 2 aliphatic heterocycles. The molecule has 1 aromatic heterocycles. The highest BCUT2D eigenvalue weighted by atomic mass is 79.9. The van der Waals surface area contributed by atoms with Crippen LogP contribution in [-0.4, -0.2) is 66.1 Å². The summed E-state index contributed by atoms with van der Waals surface area (Å²) in [6.45, 7) is 7.14. The van der Waals surface area contributed by atoms with Gasteiger partial charge in [-0.15, -0.1) is 0 Å². The molecule has 1 amide bonds. The van der Waals surface area contributed by atoms with E-state index in [2.05, 4.69) is 37.9 Å². The molecule has 4 rings (SSSR count). The fourth-order valence-corrected chi connectivity index (χ4v) is 4.18. The standard InChI is InChI=1S/C18H22BrN3O2/c1-12-15(16-8-13(19)2-3-17(16)20-12)9-18(23)22-5-4-21-6-7-24-11-14(21)10-22/h2-3,8,14,20H,4-7,9-11H2,1H3/t14-/m1/s1. The summed E-state index contributed by atoms with van der Waals surface area (Å²) in [5.74, 6) is 0.212. The molecule has 0 bridgehead atoms. The first-order valence-corrected chi connectivity index (χ1v) is 9.27. The number of aromatic amines is 1. The van der Waals surface area contributed by atoms with Crippen LogP contribution in [0.2, 0.25) is 0 Å². The van der Waals surface area contributed by atoms with E-state index in [9.17, 15) is 4.79 Å². The SMILES string of the molecule is Cc1[nH]c2ccc(Br)cc2c1CC(=O)N1CCN2CCOC[C@H]2C1. The Morgan fingerprint density at radius 1 is 1.38 bits per heavy atom. The largest absolute Gasteiger partial charge is 0.378 e. The second kappa shape index (κ2) is 6.50. The summed E-state index contributed by atoms with van der Waals surface area (Å²) in [6.07, 6.45) is 0.454. The van der Waals surface area contributed by atoms with E-state index in [4.69, 9.17) is 4.74 Å². The molecule has 5 nitrogen and oxygen atoms in total. The molecule has 24 heavy (non-hydrogen) atoms. The number of piperazine rings is 1. The van der Waals surface area contributed by atoms with E-state index >= 15 is 0 Å². The minimum absolute atomic E-state index is 0.212. The Labute approximate surface area is 150 Å². The van der Waals surface area contributed by atoms with Crippen molar-refractivity contribution in [2.45, 2.75) is 19.4 Å². The van der Waals surface area contributed by atoms with Crippen molar-refractivity contribution in [3.8, 4) is 0 Å². The van der Waals surface area contributed by atoms with Crippen LogP contribution in [0.3, 0.4) is 0 Å². The number of nitrogens with one attached hydrogen (secondary N) is 1. The van der Waals surface area contributed by atoms with Gasteiger partial charge in [0.2, 0.25) is 5.91 Å². The van der Waals surface area contributed by atoms with E-state index < -0.39 is 0 Å². The molecule has 6 heteroatoms. The molecule has 1 aromatic carbocycles. The molecule has 1 atom stereocenters. The number of fused-ring (bicyclic) bond motifs is 2. The molecule has 0 radical (unpaired) electrons. The molecule has 0 spiro atoms. The first kappa shape index (κ1) is 16.1. The Hall–Kier alpha value is -1.37. The van der Waals surface area contributed by atoms with Crippen molar-refractivity contribution in [1.29, 1.82) is 0 Å². The summed E-state index contributed by atoms with van der Waals surface area (Å²) < 4.78 is 6.61. The van der Waals surface area contributed by atoms with Crippen molar-refractivity contribution in [2.24, 2.45) is 0 Å². The van der Waals surface area contributed by atoms with E-state index in [-0.39, 0.29) is 5.91 Å². The number of ether oxygens (including phenoxy) is 1. The zero-order chi connectivity index (χ0) is 16.7. The van der Waals surface area contributed by atoms with Crippen LogP contribution in [0, 0.1) is 6.92 Å². The average molecular weight is 392 g/mol. The van der Waals surface area contributed by atoms with Gasteiger partial charge in [-0.1, -0.05) is 15.9 Å². The maximum Gasteiger partial charge on any atom is 0.227 e. The third-order valence-corrected chi connectivity index (χ3v) is 5.69. The highest BCUT2D eigenvalue weighted by molar-refractivity contribution is 9.10. The number of H-pyrrole nitrogens is 1. The molecule has 2 fully saturated rings. The van der Waals surface area contributed by atoms with Crippen molar-refractivity contribution in [1.82, 2.24) is 14.8 Å². The summed E-state index contributed by atoms with van der Waals surface area (Å²) >= 11 is 3.53. The number of benzene rings is 1. The van der Waals surface area contributed by atoms with Gasteiger partial charge in [-0.25, -0.2) is 0 Å². The second-order valence-corrected chi connectivity index (χ2v) is 7.62. The lowest BCUT2D eigenvalue weighted by Crippen LogP contribution is -2.59. The van der Waals surface area contributed by atoms with Crippen LogP contribution in [0.25, 0.3) is 10.9 Å². The van der Waals surface area contributed by atoms with Gasteiger partial charge in [-0.05, 0) is 30.7 Å². The quantitative estimate of drug-likeness (QED) is 0.854. The fourth-order valence-electron chi connectivity index (χ4n) is 3.82. The van der Waals surface area contributed by atoms with E-state index in [0.717, 1.165) is 66.0 Å². The number of hydrogen-bond donors (Lipinski definition) is 1. The molecule has 128 valence electrons. The number of amides is 1. The van der Waals surface area contributed by atoms with Crippen molar-refractivity contribution < 1.29 is 9.53 Å². The molecule has 0 unspecified atom stereocenters. The minimum atomic E-state index is 0.212. The first-order valence-electron chi connectivity index (χ1n) is 8.48. The minimum Gasteiger partial charge on any atom is -0.378 e. The van der Waals surface area contributed by atoms with Gasteiger partial charge in [0.1, 0.15) is 0 Å². The number of carbonyl (C=O) groups is 1. The number of aryl methyl sites for hydroxylation is 1. The van der Waals surface area contributed by atoms with Gasteiger partial charge < -0.3 is 14.6 Å². The van der Waals surface area contributed by atoms with Crippen LogP contribution in [0.5, 0.6) is 0 Å². The van der Waals surface area contributed by atoms with Crippen LogP contribution in [0.1, 0.15) is 11.3 Å². The smallest absolute Gasteiger partial charge is 0.227 e. The number of carbonyl (C=O) groups excluding carboxylic acids is 1. The molecular formula is C18H22BrN3O2. The summed E-state index contributed by atoms with van der Waals surface area (Å²) in [5.41, 5.74) is 3.28. The molecular weight excluding hydrogens is 370 g/mol. The second-order valence-electron chi connectivity index (χ2n) is 6.70. The van der Waals surface area contributed by atoms with Crippen LogP contribution in [0.15, 0.2) is 22.7 Å². The highest BCUT2D eigenvalue weighted by Crippen LogP contribution is 2.26. The van der Waals surface area contributed by atoms with Crippen LogP contribution in [-0.2, 0) is 16.0 Å². The number of halogens is 1. The van der Waals surface area contributed by atoms with Crippen molar-refractivity contribution in [3.63, 3.8) is 0 Å². The average Bonchev–Trinajstić information content (AvgIpc) is 2.89. The van der Waals surface area contributed by atoms with Gasteiger partial charge in [0, 0.05) is 47.2 Å². The van der Waals surface area contributed by atoms with Gasteiger partial charge in [-0.3, -0.25) is 9.69 Å². The van der Waals surface area contributed by atoms with Crippen LogP contribution < -0.4 is 0 Å². The Morgan fingerprint density at radius 2 is 2.25 bits per heavy atom. The lowest BCUT2D eigenvalue weighted by atomic mass is 10.1. The van der Waals surface area contributed by atoms with Gasteiger partial charge >= 0.3 is 0 Å². The number of nitrogens with zero attached hydrogens (tertiary/aromatic N) is 2. The van der Waals surface area contributed by atoms with Crippen molar-refractivity contribution >= 4 is 32.7 Å². The predicted molar refractivity (Wildman–Crippen MR) is 97.2 cm³/mol. The van der Waals surface area contributed by atoms with E-state index in [0.29, 0.717) is 12.5 Å². The Kier molecular flexibility index (Phi) is 4.37. The summed E-state index contributed by atoms with van der Waals surface area (Å²) in [6, 6.07) is 6.52. The molecule has 2 aliphatic rings. The predicted octanol–water partition coefficient (Wildman–Crippen LogP) is 2.32. The van der Waals surface area contributed by atoms with E-state index in [1.807, 2.05) is 17.9 Å². The molecule has 2 aromatic rings. The lowest BCUT2D eigenvalue weighted by molar-refractivity contribution is -0.136. The molecule has 1 N–H and O–H groups in total. The maximum absolute atomic E-state index is 12.9. The lowest BCUT2D eigenvalue weighted by Gasteiger charge is -2.43. The van der Waals surface area contributed by atoms with Gasteiger partial charge in [0.15, 0.2) is 0 Å². The summed E-state index contributed by atoms with van der Waals surface area (Å²) in [4.78, 5) is 20.7. The number of aromatic nitrogens is 1. The van der Waals surface area contributed by atoms with Crippen LogP contribution >= 0.6 is 15.9 Å². The third kappa shape index (κ3) is 2.98. The molecule has 0 aliphatic carbocycles. The van der Waals surface area contributed by atoms with Gasteiger partial charge in [0.25, 0.3) is 0 Å². The zero-order valence-electron chi connectivity index (χ0n) is 13.8. The van der Waals surface area contributed by atoms with Crippen molar-refractivity contribution in [3.05, 3.63) is 33.9 Å². The zero-order valence-corrected chi connectivity index (χ0v) is 15.4. The van der Waals surface area contributed by atoms with Crippen molar-refractivity contribution in [2.75, 3.05) is 39.4 Å². The van der Waals surface area contributed by atoms with Crippen LogP contribution in [0.4, 0.5) is 0 Å². The third-order valence-electron chi connectivity index (χ3n) is 5.20. The fraction of sp³-hybridized carbons (Fsp3) is 0.500. The molecule has 2 saturated heterocycles. The highest BCUT2D eigenvalue weighted by Gasteiger charge is 2.31. The Balaban J connectivity index is 1.52. The topological polar surface area (TPSA) is 48.6 Å². The number of morpholine rings is 1. The molecule has 0 saturated carbocycles. The monoisotopic (exact) mass is 391 g/mol. The summed E-state index contributed by atoms with van der Waals surface area (Å²) in [7, 11) is 0. The molecule has 3 heterocycles. The van der Waals surface area contributed by atoms with E-state index in [1.165, 1.54) is 0 Å². The number of rotatable bonds is 2. The van der Waals surface area contributed by atoms with E-state index in [1.54, 1.807) is 0 Å². The van der Waals surface area contributed by atoms with Gasteiger partial charge in [-0.2, -0.15) is 0 Å². The number of hydrogen-bond acceptors (Lipinski definition) is 3. The van der Waals surface area contributed by atoms with Gasteiger partial charge in [0.05, 0.1) is 25.7 Å². The normalized spacial score (nSPS) is 21.9. The Bertz CT molecular complexity index is 773.